The predicted octanol–water partition coefficient (Wildman–Crippen LogP) is 2.01. The molecule has 1 aromatic rings. The van der Waals surface area contributed by atoms with Crippen LogP contribution in [0.25, 0.3) is 0 Å². The molecule has 1 heterocycles. The maximum atomic E-state index is 11.4. The second-order valence-electron chi connectivity index (χ2n) is 6.17. The van der Waals surface area contributed by atoms with Crippen LogP contribution in [0.15, 0.2) is 18.2 Å². The summed E-state index contributed by atoms with van der Waals surface area (Å²) < 4.78 is 34.0. The van der Waals surface area contributed by atoms with Gasteiger partial charge in [-0.05, 0) is 30.0 Å². The fraction of sp³-hybridized carbons (Fsp3) is 0.625. The van der Waals surface area contributed by atoms with Gasteiger partial charge >= 0.3 is 0 Å². The van der Waals surface area contributed by atoms with Crippen LogP contribution < -0.4 is 14.8 Å². The van der Waals surface area contributed by atoms with Crippen LogP contribution in [-0.4, -0.2) is 39.7 Å². The number of sulfone groups is 1. The Bertz CT molecular complexity index is 598. The van der Waals surface area contributed by atoms with Gasteiger partial charge < -0.3 is 14.8 Å². The van der Waals surface area contributed by atoms with Crippen molar-refractivity contribution in [2.45, 2.75) is 32.9 Å². The fourth-order valence-corrected chi connectivity index (χ4v) is 4.12. The zero-order valence-electron chi connectivity index (χ0n) is 13.5. The highest BCUT2D eigenvalue weighted by Crippen LogP contribution is 2.28. The number of ether oxygens (including phenoxy) is 2. The average molecular weight is 327 g/mol. The smallest absolute Gasteiger partial charge is 0.161 e. The van der Waals surface area contributed by atoms with E-state index in [4.69, 9.17) is 9.47 Å². The molecule has 124 valence electrons. The normalized spacial score (nSPS) is 20.3. The van der Waals surface area contributed by atoms with Crippen LogP contribution in [0, 0.1) is 5.92 Å². The highest BCUT2D eigenvalue weighted by Gasteiger charge is 2.27. The van der Waals surface area contributed by atoms with Crippen molar-refractivity contribution in [1.29, 1.82) is 0 Å². The van der Waals surface area contributed by atoms with Crippen molar-refractivity contribution in [3.63, 3.8) is 0 Å². The van der Waals surface area contributed by atoms with Gasteiger partial charge in [-0.15, -0.1) is 0 Å². The summed E-state index contributed by atoms with van der Waals surface area (Å²) in [5, 5.41) is 3.30. The predicted molar refractivity (Wildman–Crippen MR) is 87.2 cm³/mol. The van der Waals surface area contributed by atoms with E-state index in [0.29, 0.717) is 31.2 Å². The van der Waals surface area contributed by atoms with Crippen molar-refractivity contribution in [3.8, 4) is 11.5 Å². The SMILES string of the molecule is COc1cc(CN[C@@H]2CCS(=O)(=O)C2)ccc1OCC(C)C. The minimum absolute atomic E-state index is 0.0489. The molecule has 0 spiro atoms. The number of rotatable bonds is 7. The lowest BCUT2D eigenvalue weighted by Gasteiger charge is -2.15. The molecular formula is C16H25NO4S. The van der Waals surface area contributed by atoms with Gasteiger partial charge in [0.15, 0.2) is 21.3 Å². The Balaban J connectivity index is 1.94. The Morgan fingerprint density at radius 2 is 2.09 bits per heavy atom. The summed E-state index contributed by atoms with van der Waals surface area (Å²) in [5.74, 6) is 2.42. The third-order valence-electron chi connectivity index (χ3n) is 3.63. The molecule has 1 fully saturated rings. The maximum Gasteiger partial charge on any atom is 0.161 e. The van der Waals surface area contributed by atoms with E-state index in [1.54, 1.807) is 7.11 Å². The van der Waals surface area contributed by atoms with Gasteiger partial charge in [-0.1, -0.05) is 19.9 Å². The molecule has 0 amide bonds. The van der Waals surface area contributed by atoms with Crippen molar-refractivity contribution < 1.29 is 17.9 Å². The van der Waals surface area contributed by atoms with Crippen LogP contribution >= 0.6 is 0 Å². The number of nitrogens with one attached hydrogen (secondary N) is 1. The van der Waals surface area contributed by atoms with Crippen molar-refractivity contribution in [2.24, 2.45) is 5.92 Å². The van der Waals surface area contributed by atoms with Gasteiger partial charge in [0, 0.05) is 12.6 Å². The highest BCUT2D eigenvalue weighted by atomic mass is 32.2. The van der Waals surface area contributed by atoms with Gasteiger partial charge in [-0.3, -0.25) is 0 Å². The molecule has 1 N–H and O–H groups in total. The van der Waals surface area contributed by atoms with Crippen molar-refractivity contribution >= 4 is 9.84 Å². The van der Waals surface area contributed by atoms with Crippen molar-refractivity contribution in [1.82, 2.24) is 5.32 Å². The van der Waals surface area contributed by atoms with Crippen molar-refractivity contribution in [3.05, 3.63) is 23.8 Å². The largest absolute Gasteiger partial charge is 0.493 e. The van der Waals surface area contributed by atoms with Crippen LogP contribution in [0.4, 0.5) is 0 Å². The molecule has 1 aromatic carbocycles. The van der Waals surface area contributed by atoms with Crippen molar-refractivity contribution in [2.75, 3.05) is 25.2 Å². The summed E-state index contributed by atoms with van der Waals surface area (Å²) in [4.78, 5) is 0. The lowest BCUT2D eigenvalue weighted by atomic mass is 10.1. The Morgan fingerprint density at radius 3 is 2.68 bits per heavy atom. The minimum Gasteiger partial charge on any atom is -0.493 e. The molecule has 0 radical (unpaired) electrons. The molecule has 6 heteroatoms. The summed E-state index contributed by atoms with van der Waals surface area (Å²) in [6.45, 7) is 5.47. The number of hydrogen-bond donors (Lipinski definition) is 1. The van der Waals surface area contributed by atoms with E-state index < -0.39 is 9.84 Å². The topological polar surface area (TPSA) is 64.6 Å². The molecule has 0 aliphatic carbocycles. The molecule has 1 atom stereocenters. The van der Waals surface area contributed by atoms with E-state index in [1.807, 2.05) is 18.2 Å². The lowest BCUT2D eigenvalue weighted by molar-refractivity contribution is 0.256. The van der Waals surface area contributed by atoms with Crippen LogP contribution in [0.3, 0.4) is 0 Å². The van der Waals surface area contributed by atoms with Gasteiger partial charge in [0.05, 0.1) is 25.2 Å². The minimum atomic E-state index is -2.84. The van der Waals surface area contributed by atoms with E-state index in [0.717, 1.165) is 11.3 Å². The molecule has 0 bridgehead atoms. The van der Waals surface area contributed by atoms with E-state index in [9.17, 15) is 8.42 Å². The summed E-state index contributed by atoms with van der Waals surface area (Å²) in [5.41, 5.74) is 1.05. The van der Waals surface area contributed by atoms with Gasteiger partial charge in [0.25, 0.3) is 0 Å². The molecule has 1 aliphatic heterocycles. The average Bonchev–Trinajstić information content (AvgIpc) is 2.82. The second kappa shape index (κ2) is 7.33. The summed E-state index contributed by atoms with van der Waals surface area (Å²) >= 11 is 0. The van der Waals surface area contributed by atoms with E-state index in [1.165, 1.54) is 0 Å². The van der Waals surface area contributed by atoms with Crippen LogP contribution in [0.1, 0.15) is 25.8 Å². The Labute approximate surface area is 132 Å². The zero-order chi connectivity index (χ0) is 16.2. The lowest BCUT2D eigenvalue weighted by Crippen LogP contribution is -2.29. The quantitative estimate of drug-likeness (QED) is 0.830. The molecular weight excluding hydrogens is 302 g/mol. The van der Waals surface area contributed by atoms with Crippen LogP contribution in [-0.2, 0) is 16.4 Å². The van der Waals surface area contributed by atoms with Crippen LogP contribution in [0.2, 0.25) is 0 Å². The van der Waals surface area contributed by atoms with E-state index >= 15 is 0 Å². The fourth-order valence-electron chi connectivity index (χ4n) is 2.42. The molecule has 2 rings (SSSR count). The maximum absolute atomic E-state index is 11.4. The van der Waals surface area contributed by atoms with Gasteiger partial charge in [-0.2, -0.15) is 0 Å². The zero-order valence-corrected chi connectivity index (χ0v) is 14.3. The molecule has 1 aliphatic rings. The number of benzene rings is 1. The van der Waals surface area contributed by atoms with Gasteiger partial charge in [0.1, 0.15) is 0 Å². The van der Waals surface area contributed by atoms with E-state index in [2.05, 4.69) is 19.2 Å². The highest BCUT2D eigenvalue weighted by molar-refractivity contribution is 7.91. The molecule has 0 unspecified atom stereocenters. The summed E-state index contributed by atoms with van der Waals surface area (Å²) in [6.07, 6.45) is 0.690. The number of hydrogen-bond acceptors (Lipinski definition) is 5. The number of methoxy groups -OCH3 is 1. The molecule has 0 saturated carbocycles. The first-order chi connectivity index (χ1) is 10.4. The first kappa shape index (κ1) is 17.1. The molecule has 0 aromatic heterocycles. The summed E-state index contributed by atoms with van der Waals surface area (Å²) in [7, 11) is -1.22. The van der Waals surface area contributed by atoms with Crippen LogP contribution in [0.5, 0.6) is 11.5 Å². The third kappa shape index (κ3) is 4.88. The standard InChI is InChI=1S/C16H25NO4S/c1-12(2)10-21-15-5-4-13(8-16(15)20-3)9-17-14-6-7-22(18,19)11-14/h4-5,8,12,14,17H,6-7,9-11H2,1-3H3/t14-/m1/s1. The Kier molecular flexibility index (Phi) is 5.69. The first-order valence-corrected chi connectivity index (χ1v) is 9.45. The first-order valence-electron chi connectivity index (χ1n) is 7.63. The van der Waals surface area contributed by atoms with Gasteiger partial charge in [0.2, 0.25) is 0 Å². The summed E-state index contributed by atoms with van der Waals surface area (Å²) in [6, 6.07) is 5.87. The van der Waals surface area contributed by atoms with Gasteiger partial charge in [-0.25, -0.2) is 8.42 Å². The Hall–Kier alpha value is -1.27. The Morgan fingerprint density at radius 1 is 1.32 bits per heavy atom. The third-order valence-corrected chi connectivity index (χ3v) is 5.40. The molecule has 5 nitrogen and oxygen atoms in total. The van der Waals surface area contributed by atoms with E-state index in [-0.39, 0.29) is 17.5 Å². The monoisotopic (exact) mass is 327 g/mol. The molecule has 22 heavy (non-hydrogen) atoms. The second-order valence-corrected chi connectivity index (χ2v) is 8.40. The molecule has 1 saturated heterocycles.